The monoisotopic (exact) mass is 532 g/mol. The molecule has 0 bridgehead atoms. The van der Waals surface area contributed by atoms with E-state index in [0.29, 0.717) is 26.5 Å². The van der Waals surface area contributed by atoms with E-state index < -0.39 is 5.41 Å². The van der Waals surface area contributed by atoms with Crippen LogP contribution in [0.5, 0.6) is 5.75 Å². The number of methoxy groups -OCH3 is 1. The smallest absolute Gasteiger partial charge is 0.173 e. The van der Waals surface area contributed by atoms with E-state index in [-0.39, 0.29) is 17.4 Å². The first-order valence-corrected chi connectivity index (χ1v) is 12.6. The van der Waals surface area contributed by atoms with Gasteiger partial charge in [-0.3, -0.25) is 4.57 Å². The Balaban J connectivity index is 1.79. The number of benzene rings is 3. The van der Waals surface area contributed by atoms with Gasteiger partial charge in [0.15, 0.2) is 5.16 Å². The zero-order valence-electron chi connectivity index (χ0n) is 19.7. The maximum absolute atomic E-state index is 14.6. The van der Waals surface area contributed by atoms with Gasteiger partial charge >= 0.3 is 0 Å². The molecule has 0 N–H and O–H groups in total. The van der Waals surface area contributed by atoms with Crippen LogP contribution in [0.15, 0.2) is 66.0 Å². The minimum atomic E-state index is -0.523. The molecule has 4 aromatic rings. The average Bonchev–Trinajstić information content (AvgIpc) is 3.24. The molecule has 1 aromatic heterocycles. The molecule has 4 rings (SSSR count). The summed E-state index contributed by atoms with van der Waals surface area (Å²) in [6.07, 6.45) is 1.79. The van der Waals surface area contributed by atoms with Crippen molar-refractivity contribution in [2.75, 3.05) is 7.11 Å². The third kappa shape index (κ3) is 5.20. The van der Waals surface area contributed by atoms with Crippen molar-refractivity contribution in [2.24, 2.45) is 0 Å². The highest BCUT2D eigenvalue weighted by atomic mass is 35.5. The number of hydrogen-bond donors (Lipinski definition) is 0. The molecule has 0 aliphatic carbocycles. The number of aromatic nitrogens is 2. The number of nitrogens with zero attached hydrogens (tertiary/aromatic N) is 2. The standard InChI is InChI=1S/C27H24Cl2F2N2OS/c1-16-11-22(29)20(23(31)12-16)15-35-26-32-14-25(33(26)19-8-6-18(30)7-9-19)27(2,3)17-5-10-21(28)24(13-17)34-4/h5-14H,15H2,1-4H3. The summed E-state index contributed by atoms with van der Waals surface area (Å²) in [6.45, 7) is 5.93. The van der Waals surface area contributed by atoms with Crippen LogP contribution >= 0.6 is 35.0 Å². The Morgan fingerprint density at radius 2 is 1.71 bits per heavy atom. The van der Waals surface area contributed by atoms with E-state index in [1.807, 2.05) is 16.7 Å². The second-order valence-corrected chi connectivity index (χ2v) is 10.5. The summed E-state index contributed by atoms with van der Waals surface area (Å²) in [5.74, 6) is 0.179. The summed E-state index contributed by atoms with van der Waals surface area (Å²) in [7, 11) is 1.57. The molecule has 3 nitrogen and oxygen atoms in total. The zero-order chi connectivity index (χ0) is 25.3. The highest BCUT2D eigenvalue weighted by molar-refractivity contribution is 7.98. The van der Waals surface area contributed by atoms with Crippen molar-refractivity contribution in [2.45, 2.75) is 37.1 Å². The van der Waals surface area contributed by atoms with E-state index in [9.17, 15) is 8.78 Å². The Morgan fingerprint density at radius 1 is 1.00 bits per heavy atom. The van der Waals surface area contributed by atoms with Gasteiger partial charge in [-0.2, -0.15) is 0 Å². The predicted octanol–water partition coefficient (Wildman–Crippen LogP) is 8.39. The Kier molecular flexibility index (Phi) is 7.46. The number of imidazole rings is 1. The largest absolute Gasteiger partial charge is 0.495 e. The van der Waals surface area contributed by atoms with Gasteiger partial charge in [0.1, 0.15) is 17.4 Å². The molecule has 0 unspecified atom stereocenters. The van der Waals surface area contributed by atoms with Crippen molar-refractivity contribution < 1.29 is 13.5 Å². The van der Waals surface area contributed by atoms with Crippen LogP contribution in [0.1, 0.15) is 36.2 Å². The van der Waals surface area contributed by atoms with Crippen LogP contribution in [-0.2, 0) is 11.2 Å². The zero-order valence-corrected chi connectivity index (χ0v) is 22.0. The van der Waals surface area contributed by atoms with Gasteiger partial charge in [-0.25, -0.2) is 13.8 Å². The average molecular weight is 533 g/mol. The summed E-state index contributed by atoms with van der Waals surface area (Å²) in [4.78, 5) is 4.67. The van der Waals surface area contributed by atoms with E-state index in [2.05, 4.69) is 18.8 Å². The lowest BCUT2D eigenvalue weighted by Crippen LogP contribution is -2.23. The normalized spacial score (nSPS) is 11.7. The predicted molar refractivity (Wildman–Crippen MR) is 139 cm³/mol. The number of rotatable bonds is 7. The van der Waals surface area contributed by atoms with E-state index in [1.54, 1.807) is 44.5 Å². The summed E-state index contributed by atoms with van der Waals surface area (Å²) >= 11 is 13.9. The molecule has 0 fully saturated rings. The maximum Gasteiger partial charge on any atom is 0.173 e. The quantitative estimate of drug-likeness (QED) is 0.223. The summed E-state index contributed by atoms with van der Waals surface area (Å²) in [5, 5.41) is 1.53. The van der Waals surface area contributed by atoms with E-state index >= 15 is 0 Å². The number of halogens is 4. The molecule has 0 spiro atoms. The van der Waals surface area contributed by atoms with Crippen molar-refractivity contribution in [1.82, 2.24) is 9.55 Å². The van der Waals surface area contributed by atoms with Crippen LogP contribution in [0.4, 0.5) is 8.78 Å². The molecule has 182 valence electrons. The van der Waals surface area contributed by atoms with Crippen LogP contribution in [0, 0.1) is 18.6 Å². The summed E-state index contributed by atoms with van der Waals surface area (Å²) in [5.41, 5.74) is 3.23. The lowest BCUT2D eigenvalue weighted by atomic mass is 9.81. The fourth-order valence-corrected chi connectivity index (χ4v) is 5.55. The van der Waals surface area contributed by atoms with Crippen LogP contribution in [0.3, 0.4) is 0 Å². The summed E-state index contributed by atoms with van der Waals surface area (Å²) < 4.78 is 35.7. The first-order valence-electron chi connectivity index (χ1n) is 10.9. The molecule has 0 aliphatic heterocycles. The van der Waals surface area contributed by atoms with Gasteiger partial charge in [-0.1, -0.05) is 54.9 Å². The van der Waals surface area contributed by atoms with Crippen molar-refractivity contribution in [1.29, 1.82) is 0 Å². The van der Waals surface area contributed by atoms with Gasteiger partial charge in [-0.15, -0.1) is 0 Å². The molecular formula is C27H24Cl2F2N2OS. The Morgan fingerprint density at radius 3 is 2.37 bits per heavy atom. The minimum absolute atomic E-state index is 0.289. The Labute approximate surface area is 218 Å². The molecule has 35 heavy (non-hydrogen) atoms. The lowest BCUT2D eigenvalue weighted by molar-refractivity contribution is 0.413. The molecule has 0 aliphatic rings. The second-order valence-electron chi connectivity index (χ2n) is 8.71. The van der Waals surface area contributed by atoms with E-state index in [4.69, 9.17) is 27.9 Å². The fraction of sp³-hybridized carbons (Fsp3) is 0.222. The van der Waals surface area contributed by atoms with Crippen molar-refractivity contribution in [3.8, 4) is 11.4 Å². The third-order valence-corrected chi connectivity index (χ3v) is 7.59. The van der Waals surface area contributed by atoms with Crippen molar-refractivity contribution >= 4 is 35.0 Å². The molecule has 0 amide bonds. The van der Waals surface area contributed by atoms with E-state index in [0.717, 1.165) is 22.5 Å². The molecular weight excluding hydrogens is 509 g/mol. The minimum Gasteiger partial charge on any atom is -0.495 e. The van der Waals surface area contributed by atoms with Crippen molar-refractivity contribution in [3.63, 3.8) is 0 Å². The Bertz CT molecular complexity index is 1350. The number of hydrogen-bond acceptors (Lipinski definition) is 3. The van der Waals surface area contributed by atoms with Crippen LogP contribution in [0.25, 0.3) is 5.69 Å². The molecule has 8 heteroatoms. The molecule has 0 saturated carbocycles. The molecule has 1 heterocycles. The maximum atomic E-state index is 14.6. The van der Waals surface area contributed by atoms with Gasteiger partial charge in [0.25, 0.3) is 0 Å². The van der Waals surface area contributed by atoms with Gasteiger partial charge in [0.05, 0.1) is 24.0 Å². The fourth-order valence-electron chi connectivity index (χ4n) is 3.92. The molecule has 3 aromatic carbocycles. The number of aryl methyl sites for hydroxylation is 1. The lowest BCUT2D eigenvalue weighted by Gasteiger charge is -2.28. The van der Waals surface area contributed by atoms with E-state index in [1.165, 1.54) is 30.0 Å². The van der Waals surface area contributed by atoms with Crippen molar-refractivity contribution in [3.05, 3.63) is 105 Å². The van der Waals surface area contributed by atoms with Crippen LogP contribution < -0.4 is 4.74 Å². The third-order valence-electron chi connectivity index (χ3n) is 5.96. The molecule has 0 radical (unpaired) electrons. The topological polar surface area (TPSA) is 27.1 Å². The van der Waals surface area contributed by atoms with Gasteiger partial charge < -0.3 is 4.74 Å². The summed E-state index contributed by atoms with van der Waals surface area (Å²) in [6, 6.07) is 15.1. The highest BCUT2D eigenvalue weighted by Gasteiger charge is 2.30. The number of thioether (sulfide) groups is 1. The molecule has 0 saturated heterocycles. The molecule has 0 atom stereocenters. The first kappa shape index (κ1) is 25.5. The Hall–Kier alpha value is -2.54. The SMILES string of the molecule is COc1cc(C(C)(C)c2cnc(SCc3c(F)cc(C)cc3Cl)n2-c2ccc(F)cc2)ccc1Cl. The number of ether oxygens (including phenoxy) is 1. The highest BCUT2D eigenvalue weighted by Crippen LogP contribution is 2.39. The van der Waals surface area contributed by atoms with Gasteiger partial charge in [-0.05, 0) is 66.6 Å². The van der Waals surface area contributed by atoms with Gasteiger partial charge in [0.2, 0.25) is 0 Å². The van der Waals surface area contributed by atoms with Crippen LogP contribution in [-0.4, -0.2) is 16.7 Å². The van der Waals surface area contributed by atoms with Crippen LogP contribution in [0.2, 0.25) is 10.0 Å². The first-order chi connectivity index (χ1) is 16.6. The second kappa shape index (κ2) is 10.2. The van der Waals surface area contributed by atoms with Gasteiger partial charge in [0, 0.05) is 27.4 Å².